The predicted molar refractivity (Wildman–Crippen MR) is 92.0 cm³/mol. The van der Waals surface area contributed by atoms with Crippen LogP contribution in [0.15, 0.2) is 48.5 Å². The highest BCUT2D eigenvalue weighted by atomic mass is 31.0. The summed E-state index contributed by atoms with van der Waals surface area (Å²) in [6.45, 7) is 2.11. The highest BCUT2D eigenvalue weighted by Gasteiger charge is 2.41. The summed E-state index contributed by atoms with van der Waals surface area (Å²) in [6, 6.07) is 16.6. The summed E-state index contributed by atoms with van der Waals surface area (Å²) in [4.78, 5) is 0. The van der Waals surface area contributed by atoms with Gasteiger partial charge in [-0.25, -0.2) is 8.78 Å². The third-order valence-electron chi connectivity index (χ3n) is 4.92. The van der Waals surface area contributed by atoms with Crippen molar-refractivity contribution in [3.63, 3.8) is 0 Å². The molecule has 0 bridgehead atoms. The van der Waals surface area contributed by atoms with E-state index in [0.29, 0.717) is 12.8 Å². The van der Waals surface area contributed by atoms with E-state index in [9.17, 15) is 8.78 Å². The van der Waals surface area contributed by atoms with Crippen molar-refractivity contribution in [3.05, 3.63) is 54.1 Å². The maximum atomic E-state index is 13.4. The van der Waals surface area contributed by atoms with Crippen LogP contribution in [0.1, 0.15) is 38.2 Å². The van der Waals surface area contributed by atoms with E-state index in [4.69, 9.17) is 0 Å². The molecular formula is C19H21F2P. The fraction of sp³-hybridized carbons (Fsp3) is 0.368. The van der Waals surface area contributed by atoms with Crippen molar-refractivity contribution in [2.45, 2.75) is 43.9 Å². The van der Waals surface area contributed by atoms with Gasteiger partial charge in [0.25, 0.3) is 0 Å². The quantitative estimate of drug-likeness (QED) is 0.657. The van der Waals surface area contributed by atoms with E-state index < -0.39 is 5.92 Å². The van der Waals surface area contributed by atoms with Gasteiger partial charge in [0.1, 0.15) is 0 Å². The highest BCUT2D eigenvalue weighted by molar-refractivity contribution is 7.28. The summed E-state index contributed by atoms with van der Waals surface area (Å²) in [6.07, 6.45) is 1.09. The molecule has 0 spiro atoms. The lowest BCUT2D eigenvalue weighted by molar-refractivity contribution is -0.0497. The number of benzene rings is 2. The summed E-state index contributed by atoms with van der Waals surface area (Å²) in [5.41, 5.74) is 3.40. The molecule has 3 heteroatoms. The first-order valence-electron chi connectivity index (χ1n) is 7.73. The second-order valence-corrected chi connectivity index (χ2v) is 7.21. The van der Waals surface area contributed by atoms with Crippen molar-refractivity contribution in [2.75, 3.05) is 0 Å². The Morgan fingerprint density at radius 1 is 0.909 bits per heavy atom. The lowest BCUT2D eigenvalue weighted by Crippen LogP contribution is -2.34. The van der Waals surface area contributed by atoms with Gasteiger partial charge in [-0.05, 0) is 40.3 Å². The Labute approximate surface area is 133 Å². The molecule has 1 aliphatic carbocycles. The van der Waals surface area contributed by atoms with Gasteiger partial charge in [0.05, 0.1) is 0 Å². The van der Waals surface area contributed by atoms with Crippen LogP contribution in [0.2, 0.25) is 0 Å². The van der Waals surface area contributed by atoms with Crippen molar-refractivity contribution >= 4 is 14.5 Å². The Hall–Kier alpha value is -1.27. The lowest BCUT2D eigenvalue weighted by Gasteiger charge is -2.38. The van der Waals surface area contributed by atoms with Crippen LogP contribution in [0.4, 0.5) is 8.78 Å². The molecule has 0 N–H and O–H groups in total. The van der Waals surface area contributed by atoms with Gasteiger partial charge in [-0.3, -0.25) is 0 Å². The van der Waals surface area contributed by atoms with Crippen LogP contribution >= 0.6 is 9.24 Å². The zero-order valence-electron chi connectivity index (χ0n) is 12.8. The summed E-state index contributed by atoms with van der Waals surface area (Å²) >= 11 is 0. The number of hydrogen-bond donors (Lipinski definition) is 0. The molecule has 1 saturated carbocycles. The molecule has 1 aliphatic rings. The van der Waals surface area contributed by atoms with Gasteiger partial charge < -0.3 is 0 Å². The summed E-state index contributed by atoms with van der Waals surface area (Å²) in [7, 11) is 2.79. The molecule has 0 amide bonds. The minimum atomic E-state index is -2.48. The van der Waals surface area contributed by atoms with Crippen molar-refractivity contribution in [3.8, 4) is 11.1 Å². The fourth-order valence-corrected chi connectivity index (χ4v) is 3.72. The van der Waals surface area contributed by atoms with Crippen LogP contribution in [0.3, 0.4) is 0 Å². The Bertz CT molecular complexity index is 654. The van der Waals surface area contributed by atoms with Gasteiger partial charge in [0.15, 0.2) is 0 Å². The molecule has 2 aromatic rings. The number of rotatable bonds is 2. The SMILES string of the molecule is CC1(c2ccc(-c3ccccc3)c(P)c2)CCC(F)(F)CC1. The standard InChI is InChI=1S/C19H21F2P/c1-18(9-11-19(20,21)12-10-18)15-7-8-16(17(22)13-15)14-5-3-2-4-6-14/h2-8,13H,9-12,22H2,1H3. The van der Waals surface area contributed by atoms with E-state index >= 15 is 0 Å². The lowest BCUT2D eigenvalue weighted by atomic mass is 9.70. The largest absolute Gasteiger partial charge is 0.248 e. The van der Waals surface area contributed by atoms with Gasteiger partial charge in [-0.15, -0.1) is 9.24 Å². The number of alkyl halides is 2. The molecular weight excluding hydrogens is 297 g/mol. The third kappa shape index (κ3) is 3.08. The topological polar surface area (TPSA) is 0 Å². The molecule has 0 heterocycles. The van der Waals surface area contributed by atoms with Gasteiger partial charge in [0, 0.05) is 12.8 Å². The molecule has 22 heavy (non-hydrogen) atoms. The molecule has 1 fully saturated rings. The highest BCUT2D eigenvalue weighted by Crippen LogP contribution is 2.45. The van der Waals surface area contributed by atoms with E-state index in [1.165, 1.54) is 16.7 Å². The molecule has 1 atom stereocenters. The van der Waals surface area contributed by atoms with Crippen LogP contribution < -0.4 is 5.30 Å². The molecule has 116 valence electrons. The van der Waals surface area contributed by atoms with Crippen molar-refractivity contribution in [1.82, 2.24) is 0 Å². The molecule has 0 aromatic heterocycles. The number of hydrogen-bond acceptors (Lipinski definition) is 0. The van der Waals surface area contributed by atoms with Crippen LogP contribution in [0, 0.1) is 0 Å². The average Bonchev–Trinajstić information content (AvgIpc) is 2.51. The first kappa shape index (κ1) is 15.6. The molecule has 0 saturated heterocycles. The van der Waals surface area contributed by atoms with E-state index in [2.05, 4.69) is 46.5 Å². The molecule has 0 radical (unpaired) electrons. The second kappa shape index (κ2) is 5.74. The van der Waals surface area contributed by atoms with Gasteiger partial charge >= 0.3 is 0 Å². The van der Waals surface area contributed by atoms with E-state index in [1.54, 1.807) is 0 Å². The van der Waals surface area contributed by atoms with E-state index in [0.717, 1.165) is 5.30 Å². The van der Waals surface area contributed by atoms with Crippen LogP contribution in [-0.4, -0.2) is 5.92 Å². The first-order chi connectivity index (χ1) is 10.4. The molecule has 1 unspecified atom stereocenters. The van der Waals surface area contributed by atoms with Crippen molar-refractivity contribution < 1.29 is 8.78 Å². The van der Waals surface area contributed by atoms with Crippen LogP contribution in [-0.2, 0) is 5.41 Å². The zero-order chi connectivity index (χ0) is 15.8. The molecule has 2 aromatic carbocycles. The van der Waals surface area contributed by atoms with Gasteiger partial charge in [-0.1, -0.05) is 55.5 Å². The first-order valence-corrected chi connectivity index (χ1v) is 8.31. The number of halogens is 2. The smallest absolute Gasteiger partial charge is 0.207 e. The summed E-state index contributed by atoms with van der Waals surface area (Å²) in [5, 5.41) is 1.13. The van der Waals surface area contributed by atoms with Crippen LogP contribution in [0.25, 0.3) is 11.1 Å². The second-order valence-electron chi connectivity index (χ2n) is 6.58. The Morgan fingerprint density at radius 3 is 2.14 bits per heavy atom. The van der Waals surface area contributed by atoms with Gasteiger partial charge in [-0.2, -0.15) is 0 Å². The maximum Gasteiger partial charge on any atom is 0.248 e. The molecule has 3 rings (SSSR count). The van der Waals surface area contributed by atoms with Crippen molar-refractivity contribution in [2.24, 2.45) is 0 Å². The maximum absolute atomic E-state index is 13.4. The Balaban J connectivity index is 1.89. The normalized spacial score (nSPS) is 19.8. The molecule has 0 nitrogen and oxygen atoms in total. The average molecular weight is 318 g/mol. The Kier molecular flexibility index (Phi) is 4.07. The van der Waals surface area contributed by atoms with Gasteiger partial charge in [0.2, 0.25) is 5.92 Å². The molecule has 0 aliphatic heterocycles. The van der Waals surface area contributed by atoms with Crippen molar-refractivity contribution in [1.29, 1.82) is 0 Å². The minimum Gasteiger partial charge on any atom is -0.207 e. The van der Waals surface area contributed by atoms with E-state index in [-0.39, 0.29) is 18.3 Å². The zero-order valence-corrected chi connectivity index (χ0v) is 13.9. The predicted octanol–water partition coefficient (Wildman–Crippen LogP) is 5.32. The third-order valence-corrected chi connectivity index (χ3v) is 5.40. The Morgan fingerprint density at radius 2 is 1.55 bits per heavy atom. The monoisotopic (exact) mass is 318 g/mol. The fourth-order valence-electron chi connectivity index (χ4n) is 3.27. The van der Waals surface area contributed by atoms with E-state index in [1.807, 2.05) is 18.2 Å². The summed E-state index contributed by atoms with van der Waals surface area (Å²) in [5.74, 6) is -2.48. The van der Waals surface area contributed by atoms with Crippen LogP contribution in [0.5, 0.6) is 0 Å². The summed E-state index contributed by atoms with van der Waals surface area (Å²) < 4.78 is 26.8. The minimum absolute atomic E-state index is 0.00384.